The van der Waals surface area contributed by atoms with Crippen LogP contribution >= 0.6 is 11.3 Å². The van der Waals surface area contributed by atoms with Gasteiger partial charge in [-0.1, -0.05) is 18.2 Å². The zero-order chi connectivity index (χ0) is 15.8. The van der Waals surface area contributed by atoms with Crippen molar-refractivity contribution in [3.8, 4) is 10.4 Å². The monoisotopic (exact) mass is 321 g/mol. The van der Waals surface area contributed by atoms with E-state index in [2.05, 4.69) is 28.2 Å². The molecule has 3 heterocycles. The Hall–Kier alpha value is -2.66. The van der Waals surface area contributed by atoms with Crippen LogP contribution in [-0.4, -0.2) is 14.5 Å². The number of imidazole rings is 1. The SMILES string of the molecule is Cc1[nH]cnc1Cn1cccc(-c2cc3ccccc3s2)c1=O. The lowest BCUT2D eigenvalue weighted by Crippen LogP contribution is -2.21. The molecular weight excluding hydrogens is 306 g/mol. The van der Waals surface area contributed by atoms with Gasteiger partial charge in [-0.05, 0) is 36.6 Å². The number of benzene rings is 1. The van der Waals surface area contributed by atoms with Crippen LogP contribution in [0, 0.1) is 6.92 Å². The molecule has 0 aliphatic heterocycles. The molecule has 0 bridgehead atoms. The van der Waals surface area contributed by atoms with Crippen molar-refractivity contribution in [2.24, 2.45) is 0 Å². The summed E-state index contributed by atoms with van der Waals surface area (Å²) < 4.78 is 2.91. The zero-order valence-electron chi connectivity index (χ0n) is 12.6. The fourth-order valence-electron chi connectivity index (χ4n) is 2.67. The van der Waals surface area contributed by atoms with Crippen molar-refractivity contribution in [1.82, 2.24) is 14.5 Å². The summed E-state index contributed by atoms with van der Waals surface area (Å²) in [5.74, 6) is 0. The molecule has 0 saturated carbocycles. The summed E-state index contributed by atoms with van der Waals surface area (Å²) in [4.78, 5) is 21.1. The van der Waals surface area contributed by atoms with E-state index in [1.807, 2.05) is 37.4 Å². The minimum absolute atomic E-state index is 0.0152. The Balaban J connectivity index is 1.79. The Morgan fingerprint density at radius 2 is 2.09 bits per heavy atom. The lowest BCUT2D eigenvalue weighted by molar-refractivity contribution is 0.741. The third-order valence-electron chi connectivity index (χ3n) is 3.97. The highest BCUT2D eigenvalue weighted by Gasteiger charge is 2.11. The van der Waals surface area contributed by atoms with E-state index in [9.17, 15) is 4.79 Å². The Kier molecular flexibility index (Phi) is 3.35. The fourth-order valence-corrected chi connectivity index (χ4v) is 3.75. The van der Waals surface area contributed by atoms with Gasteiger partial charge in [-0.2, -0.15) is 0 Å². The topological polar surface area (TPSA) is 50.7 Å². The molecule has 1 N–H and O–H groups in total. The van der Waals surface area contributed by atoms with Gasteiger partial charge in [0.25, 0.3) is 5.56 Å². The van der Waals surface area contributed by atoms with Gasteiger partial charge in [0.1, 0.15) is 0 Å². The molecule has 4 nitrogen and oxygen atoms in total. The van der Waals surface area contributed by atoms with Crippen molar-refractivity contribution in [2.45, 2.75) is 13.5 Å². The molecule has 1 aromatic carbocycles. The number of pyridine rings is 1. The Morgan fingerprint density at radius 3 is 2.87 bits per heavy atom. The number of rotatable bonds is 3. The molecule has 0 spiro atoms. The van der Waals surface area contributed by atoms with Crippen molar-refractivity contribution in [3.63, 3.8) is 0 Å². The molecule has 0 aliphatic carbocycles. The molecule has 0 saturated heterocycles. The summed E-state index contributed by atoms with van der Waals surface area (Å²) in [5, 5.41) is 1.17. The first-order chi connectivity index (χ1) is 11.2. The first-order valence-corrected chi connectivity index (χ1v) is 8.21. The van der Waals surface area contributed by atoms with Crippen LogP contribution in [0.3, 0.4) is 0 Å². The van der Waals surface area contributed by atoms with Crippen LogP contribution in [0.5, 0.6) is 0 Å². The lowest BCUT2D eigenvalue weighted by Gasteiger charge is -2.06. The fraction of sp³-hybridized carbons (Fsp3) is 0.111. The van der Waals surface area contributed by atoms with E-state index in [0.29, 0.717) is 6.54 Å². The summed E-state index contributed by atoms with van der Waals surface area (Å²) in [5.41, 5.74) is 2.63. The molecule has 4 aromatic rings. The average molecular weight is 321 g/mol. The molecule has 0 radical (unpaired) electrons. The summed E-state index contributed by atoms with van der Waals surface area (Å²) in [6, 6.07) is 14.1. The van der Waals surface area contributed by atoms with Gasteiger partial charge in [-0.15, -0.1) is 11.3 Å². The summed E-state index contributed by atoms with van der Waals surface area (Å²) in [6.07, 6.45) is 3.47. The largest absolute Gasteiger partial charge is 0.348 e. The van der Waals surface area contributed by atoms with E-state index in [4.69, 9.17) is 0 Å². The molecule has 3 aromatic heterocycles. The number of hydrogen-bond acceptors (Lipinski definition) is 3. The van der Waals surface area contributed by atoms with Gasteiger partial charge >= 0.3 is 0 Å². The van der Waals surface area contributed by atoms with Crippen LogP contribution in [0.2, 0.25) is 0 Å². The van der Waals surface area contributed by atoms with Gasteiger partial charge in [-0.25, -0.2) is 4.98 Å². The second-order valence-electron chi connectivity index (χ2n) is 5.48. The van der Waals surface area contributed by atoms with Crippen LogP contribution in [0.4, 0.5) is 0 Å². The van der Waals surface area contributed by atoms with Crippen LogP contribution in [-0.2, 0) is 6.54 Å². The highest BCUT2D eigenvalue weighted by molar-refractivity contribution is 7.22. The lowest BCUT2D eigenvalue weighted by atomic mass is 10.2. The quantitative estimate of drug-likeness (QED) is 0.624. The van der Waals surface area contributed by atoms with Crippen molar-refractivity contribution < 1.29 is 0 Å². The van der Waals surface area contributed by atoms with Gasteiger partial charge < -0.3 is 9.55 Å². The second kappa shape index (κ2) is 5.52. The molecule has 4 rings (SSSR count). The highest BCUT2D eigenvalue weighted by Crippen LogP contribution is 2.31. The van der Waals surface area contributed by atoms with E-state index < -0.39 is 0 Å². The Labute approximate surface area is 137 Å². The standard InChI is InChI=1S/C18H15N3OS/c1-12-15(20-11-19-12)10-21-8-4-6-14(18(21)22)17-9-13-5-2-3-7-16(13)23-17/h2-9,11H,10H2,1H3,(H,19,20). The number of aryl methyl sites for hydroxylation is 1. The number of hydrogen-bond donors (Lipinski definition) is 1. The molecule has 23 heavy (non-hydrogen) atoms. The summed E-state index contributed by atoms with van der Waals surface area (Å²) >= 11 is 1.65. The highest BCUT2D eigenvalue weighted by atomic mass is 32.1. The number of fused-ring (bicyclic) bond motifs is 1. The van der Waals surface area contributed by atoms with Crippen LogP contribution in [0.15, 0.2) is 59.8 Å². The Bertz CT molecular complexity index is 1010. The number of thiophene rings is 1. The third kappa shape index (κ3) is 2.49. The van der Waals surface area contributed by atoms with E-state index in [0.717, 1.165) is 21.8 Å². The second-order valence-corrected chi connectivity index (χ2v) is 6.56. The van der Waals surface area contributed by atoms with Crippen LogP contribution in [0.25, 0.3) is 20.5 Å². The van der Waals surface area contributed by atoms with E-state index in [-0.39, 0.29) is 5.56 Å². The number of aromatic nitrogens is 3. The van der Waals surface area contributed by atoms with Crippen LogP contribution < -0.4 is 5.56 Å². The normalized spacial score (nSPS) is 11.2. The maximum atomic E-state index is 12.8. The van der Waals surface area contributed by atoms with Crippen molar-refractivity contribution >= 4 is 21.4 Å². The van der Waals surface area contributed by atoms with Gasteiger partial charge in [0.05, 0.1) is 24.1 Å². The van der Waals surface area contributed by atoms with Gasteiger partial charge in [0, 0.05) is 21.5 Å². The molecule has 5 heteroatoms. The molecule has 0 unspecified atom stereocenters. The van der Waals surface area contributed by atoms with E-state index >= 15 is 0 Å². The van der Waals surface area contributed by atoms with Gasteiger partial charge in [0.2, 0.25) is 0 Å². The molecule has 0 fully saturated rings. The van der Waals surface area contributed by atoms with Crippen molar-refractivity contribution in [1.29, 1.82) is 0 Å². The maximum absolute atomic E-state index is 12.8. The van der Waals surface area contributed by atoms with Crippen molar-refractivity contribution in [3.05, 3.63) is 76.7 Å². The van der Waals surface area contributed by atoms with E-state index in [1.54, 1.807) is 22.2 Å². The minimum Gasteiger partial charge on any atom is -0.348 e. The first kappa shape index (κ1) is 14.0. The maximum Gasteiger partial charge on any atom is 0.259 e. The smallest absolute Gasteiger partial charge is 0.259 e. The average Bonchev–Trinajstić information content (AvgIpc) is 3.15. The molecule has 0 atom stereocenters. The van der Waals surface area contributed by atoms with Crippen molar-refractivity contribution in [2.75, 3.05) is 0 Å². The zero-order valence-corrected chi connectivity index (χ0v) is 13.4. The van der Waals surface area contributed by atoms with E-state index in [1.165, 1.54) is 10.1 Å². The molecule has 114 valence electrons. The number of nitrogens with one attached hydrogen (secondary N) is 1. The van der Waals surface area contributed by atoms with Crippen LogP contribution in [0.1, 0.15) is 11.4 Å². The van der Waals surface area contributed by atoms with Gasteiger partial charge in [-0.3, -0.25) is 4.79 Å². The minimum atomic E-state index is 0.0152. The predicted molar refractivity (Wildman–Crippen MR) is 93.9 cm³/mol. The first-order valence-electron chi connectivity index (χ1n) is 7.39. The molecule has 0 aliphatic rings. The number of nitrogens with zero attached hydrogens (tertiary/aromatic N) is 2. The summed E-state index contributed by atoms with van der Waals surface area (Å²) in [7, 11) is 0. The molecule has 0 amide bonds. The van der Waals surface area contributed by atoms with Gasteiger partial charge in [0.15, 0.2) is 0 Å². The number of H-pyrrole nitrogens is 1. The molecular formula is C18H15N3OS. The summed E-state index contributed by atoms with van der Waals surface area (Å²) in [6.45, 7) is 2.44. The Morgan fingerprint density at radius 1 is 1.22 bits per heavy atom. The number of aromatic amines is 1. The predicted octanol–water partition coefficient (Wildman–Crippen LogP) is 3.81. The third-order valence-corrected chi connectivity index (χ3v) is 5.11.